The molecule has 20 heavy (non-hydrogen) atoms. The number of nitrogens with one attached hydrogen (secondary N) is 1. The second-order valence-electron chi connectivity index (χ2n) is 6.19. The van der Waals surface area contributed by atoms with Gasteiger partial charge in [0.1, 0.15) is 17.5 Å². The molecule has 1 unspecified atom stereocenters. The van der Waals surface area contributed by atoms with Crippen LogP contribution in [0.2, 0.25) is 0 Å². The minimum absolute atomic E-state index is 0.608. The van der Waals surface area contributed by atoms with Crippen LogP contribution in [0.1, 0.15) is 56.8 Å². The maximum Gasteiger partial charge on any atom is 0.137 e. The van der Waals surface area contributed by atoms with Crippen LogP contribution in [0.5, 0.6) is 0 Å². The molecule has 1 aromatic heterocycles. The van der Waals surface area contributed by atoms with Crippen LogP contribution in [0, 0.1) is 12.8 Å². The van der Waals surface area contributed by atoms with E-state index in [9.17, 15) is 0 Å². The highest BCUT2D eigenvalue weighted by Gasteiger charge is 2.30. The van der Waals surface area contributed by atoms with Crippen LogP contribution in [0.3, 0.4) is 0 Å². The Hall–Kier alpha value is -1.32. The lowest BCUT2D eigenvalue weighted by Gasteiger charge is -2.22. The highest BCUT2D eigenvalue weighted by molar-refractivity contribution is 5.59. The Morgan fingerprint density at radius 3 is 2.60 bits per heavy atom. The van der Waals surface area contributed by atoms with Crippen molar-refractivity contribution in [2.45, 2.75) is 52.4 Å². The van der Waals surface area contributed by atoms with E-state index in [0.29, 0.717) is 5.92 Å². The molecule has 2 fully saturated rings. The van der Waals surface area contributed by atoms with Crippen molar-refractivity contribution in [3.63, 3.8) is 0 Å². The predicted molar refractivity (Wildman–Crippen MR) is 83.5 cm³/mol. The molecule has 0 amide bonds. The quantitative estimate of drug-likeness (QED) is 0.894. The zero-order valence-electron chi connectivity index (χ0n) is 12.9. The molecule has 1 N–H and O–H groups in total. The predicted octanol–water partition coefficient (Wildman–Crippen LogP) is 3.33. The minimum Gasteiger partial charge on any atom is -0.370 e. The summed E-state index contributed by atoms with van der Waals surface area (Å²) in [7, 11) is 0. The normalized spacial score (nSPS) is 22.4. The molecule has 0 aromatic carbocycles. The average molecular weight is 274 g/mol. The first kappa shape index (κ1) is 13.7. The molecule has 4 nitrogen and oxygen atoms in total. The van der Waals surface area contributed by atoms with E-state index in [-0.39, 0.29) is 0 Å². The van der Waals surface area contributed by atoms with Gasteiger partial charge in [0.2, 0.25) is 0 Å². The van der Waals surface area contributed by atoms with Gasteiger partial charge in [-0.1, -0.05) is 13.3 Å². The van der Waals surface area contributed by atoms with E-state index in [1.807, 2.05) is 0 Å². The monoisotopic (exact) mass is 274 g/mol. The number of anilines is 2. The minimum atomic E-state index is 0.608. The molecule has 1 aromatic rings. The Labute approximate surface area is 122 Å². The third-order valence-corrected chi connectivity index (χ3v) is 4.59. The summed E-state index contributed by atoms with van der Waals surface area (Å²) >= 11 is 0. The smallest absolute Gasteiger partial charge is 0.137 e. The highest BCUT2D eigenvalue weighted by Crippen LogP contribution is 2.40. The first-order valence-corrected chi connectivity index (χ1v) is 8.10. The molecule has 1 aliphatic heterocycles. The van der Waals surface area contributed by atoms with Crippen molar-refractivity contribution in [2.24, 2.45) is 5.92 Å². The molecular formula is C16H26N4. The zero-order valence-corrected chi connectivity index (χ0v) is 12.9. The fourth-order valence-electron chi connectivity index (χ4n) is 3.05. The number of hydrogen-bond acceptors (Lipinski definition) is 4. The van der Waals surface area contributed by atoms with Crippen molar-refractivity contribution < 1.29 is 0 Å². The third-order valence-electron chi connectivity index (χ3n) is 4.59. The van der Waals surface area contributed by atoms with E-state index >= 15 is 0 Å². The van der Waals surface area contributed by atoms with Crippen molar-refractivity contribution in [3.05, 3.63) is 11.4 Å². The van der Waals surface area contributed by atoms with Gasteiger partial charge in [-0.3, -0.25) is 0 Å². The van der Waals surface area contributed by atoms with Crippen molar-refractivity contribution in [1.82, 2.24) is 9.97 Å². The summed E-state index contributed by atoms with van der Waals surface area (Å²) in [5.74, 6) is 4.71. The first-order valence-electron chi connectivity index (χ1n) is 8.10. The van der Waals surface area contributed by atoms with Crippen molar-refractivity contribution in [2.75, 3.05) is 29.9 Å². The van der Waals surface area contributed by atoms with Crippen LogP contribution in [0.25, 0.3) is 0 Å². The van der Waals surface area contributed by atoms with Crippen LogP contribution in [0.15, 0.2) is 0 Å². The molecule has 2 heterocycles. The number of rotatable bonds is 5. The maximum absolute atomic E-state index is 4.90. The Balaban J connectivity index is 1.91. The lowest BCUT2D eigenvalue weighted by molar-refractivity contribution is 0.568. The molecule has 1 saturated heterocycles. The standard InChI is InChI=1S/C16H26N4/c1-4-12-8-9-20(10-12)16-11(3)14(17-5-2)18-15(19-16)13-6-7-13/h12-13H,4-10H2,1-3H3,(H,17,18,19). The van der Waals surface area contributed by atoms with Crippen LogP contribution in [-0.2, 0) is 0 Å². The SMILES string of the molecule is CCNc1nc(C2CC2)nc(N2CCC(CC)C2)c1C. The largest absolute Gasteiger partial charge is 0.370 e. The molecule has 4 heteroatoms. The number of nitrogens with zero attached hydrogens (tertiary/aromatic N) is 3. The molecular weight excluding hydrogens is 248 g/mol. The fraction of sp³-hybridized carbons (Fsp3) is 0.750. The number of aromatic nitrogens is 2. The summed E-state index contributed by atoms with van der Waals surface area (Å²) in [4.78, 5) is 12.1. The molecule has 1 atom stereocenters. The molecule has 110 valence electrons. The molecule has 2 aliphatic rings. The second kappa shape index (κ2) is 5.58. The maximum atomic E-state index is 4.90. The van der Waals surface area contributed by atoms with Gasteiger partial charge in [-0.05, 0) is 39.0 Å². The van der Waals surface area contributed by atoms with Crippen molar-refractivity contribution in [1.29, 1.82) is 0 Å². The van der Waals surface area contributed by atoms with Crippen LogP contribution >= 0.6 is 0 Å². The van der Waals surface area contributed by atoms with Gasteiger partial charge in [0, 0.05) is 31.1 Å². The summed E-state index contributed by atoms with van der Waals surface area (Å²) in [5.41, 5.74) is 1.22. The summed E-state index contributed by atoms with van der Waals surface area (Å²) < 4.78 is 0. The lowest BCUT2D eigenvalue weighted by Crippen LogP contribution is -2.23. The van der Waals surface area contributed by atoms with Gasteiger partial charge in [0.25, 0.3) is 0 Å². The Morgan fingerprint density at radius 1 is 1.20 bits per heavy atom. The van der Waals surface area contributed by atoms with E-state index in [1.54, 1.807) is 0 Å². The van der Waals surface area contributed by atoms with Crippen LogP contribution < -0.4 is 10.2 Å². The van der Waals surface area contributed by atoms with E-state index < -0.39 is 0 Å². The molecule has 1 saturated carbocycles. The van der Waals surface area contributed by atoms with Gasteiger partial charge in [0.05, 0.1) is 0 Å². The summed E-state index contributed by atoms with van der Waals surface area (Å²) in [6.07, 6.45) is 5.09. The molecule has 0 radical (unpaired) electrons. The van der Waals surface area contributed by atoms with Gasteiger partial charge in [-0.15, -0.1) is 0 Å². The molecule has 0 bridgehead atoms. The van der Waals surface area contributed by atoms with E-state index in [1.165, 1.54) is 37.1 Å². The number of hydrogen-bond donors (Lipinski definition) is 1. The Morgan fingerprint density at radius 2 is 2.00 bits per heavy atom. The van der Waals surface area contributed by atoms with E-state index in [0.717, 1.165) is 37.2 Å². The highest BCUT2D eigenvalue weighted by atomic mass is 15.2. The van der Waals surface area contributed by atoms with Crippen molar-refractivity contribution >= 4 is 11.6 Å². The summed E-state index contributed by atoms with van der Waals surface area (Å²) in [6, 6.07) is 0. The van der Waals surface area contributed by atoms with Gasteiger partial charge in [0.15, 0.2) is 0 Å². The van der Waals surface area contributed by atoms with Crippen molar-refractivity contribution in [3.8, 4) is 0 Å². The summed E-state index contributed by atoms with van der Waals surface area (Å²) in [6.45, 7) is 9.79. The Bertz CT molecular complexity index is 482. The van der Waals surface area contributed by atoms with Gasteiger partial charge in [-0.25, -0.2) is 9.97 Å². The summed E-state index contributed by atoms with van der Waals surface area (Å²) in [5, 5.41) is 3.41. The van der Waals surface area contributed by atoms with Gasteiger partial charge >= 0.3 is 0 Å². The molecule has 3 rings (SSSR count). The Kier molecular flexibility index (Phi) is 3.81. The molecule has 0 spiro atoms. The third kappa shape index (κ3) is 2.60. The van der Waals surface area contributed by atoms with Gasteiger partial charge in [-0.2, -0.15) is 0 Å². The average Bonchev–Trinajstić information content (AvgIpc) is 3.19. The zero-order chi connectivity index (χ0) is 14.1. The van der Waals surface area contributed by atoms with Gasteiger partial charge < -0.3 is 10.2 Å². The second-order valence-corrected chi connectivity index (χ2v) is 6.19. The topological polar surface area (TPSA) is 41.1 Å². The molecule has 1 aliphatic carbocycles. The first-order chi connectivity index (χ1) is 9.72. The van der Waals surface area contributed by atoms with E-state index in [2.05, 4.69) is 31.0 Å². The van der Waals surface area contributed by atoms with Crippen LogP contribution in [-0.4, -0.2) is 29.6 Å². The van der Waals surface area contributed by atoms with E-state index in [4.69, 9.17) is 9.97 Å². The fourth-order valence-corrected chi connectivity index (χ4v) is 3.05. The van der Waals surface area contributed by atoms with Crippen LogP contribution in [0.4, 0.5) is 11.6 Å². The lowest BCUT2D eigenvalue weighted by atomic mass is 10.1.